The second-order valence-corrected chi connectivity index (χ2v) is 3.34. The normalized spacial score (nSPS) is 11.5. The summed E-state index contributed by atoms with van der Waals surface area (Å²) in [6.45, 7) is -1.91. The van der Waals surface area contributed by atoms with Crippen LogP contribution < -0.4 is 10.5 Å². The lowest BCUT2D eigenvalue weighted by Gasteiger charge is -2.10. The highest BCUT2D eigenvalue weighted by Crippen LogP contribution is 2.25. The van der Waals surface area contributed by atoms with Crippen molar-refractivity contribution in [3.63, 3.8) is 0 Å². The van der Waals surface area contributed by atoms with E-state index >= 15 is 0 Å². The first-order chi connectivity index (χ1) is 7.38. The van der Waals surface area contributed by atoms with Gasteiger partial charge in [-0.05, 0) is 12.1 Å². The highest BCUT2D eigenvalue weighted by Gasteiger charge is 2.27. The van der Waals surface area contributed by atoms with Crippen molar-refractivity contribution in [3.05, 3.63) is 23.2 Å². The Hall–Kier alpha value is -1.14. The van der Waals surface area contributed by atoms with Crippen LogP contribution in [0.15, 0.2) is 18.2 Å². The van der Waals surface area contributed by atoms with Crippen molar-refractivity contribution < 1.29 is 22.6 Å². The van der Waals surface area contributed by atoms with Crippen molar-refractivity contribution in [1.29, 1.82) is 0 Å². The van der Waals surface area contributed by atoms with Crippen LogP contribution in [0, 0.1) is 0 Å². The largest absolute Gasteiger partial charge is 0.465 e. The standard InChI is InChI=1S/C9H9ClF3NO2/c10-6-1-2-7(14)8(3-6)16-5-15-4-9(11,12)13/h1-3H,4-5,14H2. The van der Waals surface area contributed by atoms with E-state index in [1.807, 2.05) is 0 Å². The summed E-state index contributed by atoms with van der Waals surface area (Å²) in [5.74, 6) is 0.190. The number of hydrogen-bond acceptors (Lipinski definition) is 3. The molecule has 0 fully saturated rings. The van der Waals surface area contributed by atoms with Gasteiger partial charge in [0.1, 0.15) is 12.4 Å². The van der Waals surface area contributed by atoms with Crippen molar-refractivity contribution in [2.24, 2.45) is 0 Å². The smallest absolute Gasteiger partial charge is 0.411 e. The molecule has 0 aliphatic rings. The Bertz CT molecular complexity index is 357. The van der Waals surface area contributed by atoms with Crippen LogP contribution in [0.25, 0.3) is 0 Å². The average Bonchev–Trinajstić information content (AvgIpc) is 2.16. The molecule has 0 unspecified atom stereocenters. The molecule has 1 rings (SSSR count). The summed E-state index contributed by atoms with van der Waals surface area (Å²) in [6.07, 6.45) is -4.37. The lowest BCUT2D eigenvalue weighted by atomic mass is 10.3. The molecule has 1 aromatic carbocycles. The summed E-state index contributed by atoms with van der Waals surface area (Å²) in [7, 11) is 0. The number of alkyl halides is 3. The first-order valence-corrected chi connectivity index (χ1v) is 4.58. The summed E-state index contributed by atoms with van der Waals surface area (Å²) in [5.41, 5.74) is 5.77. The third-order valence-corrected chi connectivity index (χ3v) is 1.77. The Balaban J connectivity index is 2.40. The van der Waals surface area contributed by atoms with Gasteiger partial charge in [-0.15, -0.1) is 0 Å². The van der Waals surface area contributed by atoms with E-state index in [0.29, 0.717) is 5.02 Å². The van der Waals surface area contributed by atoms with Crippen molar-refractivity contribution in [2.75, 3.05) is 19.1 Å². The SMILES string of the molecule is Nc1ccc(Cl)cc1OCOCC(F)(F)F. The van der Waals surface area contributed by atoms with Crippen LogP contribution in [0.2, 0.25) is 5.02 Å². The zero-order valence-corrected chi connectivity index (χ0v) is 8.81. The molecule has 0 aliphatic carbocycles. The quantitative estimate of drug-likeness (QED) is 0.511. The summed E-state index contributed by atoms with van der Waals surface area (Å²) < 4.78 is 44.2. The highest BCUT2D eigenvalue weighted by atomic mass is 35.5. The molecule has 0 atom stereocenters. The Morgan fingerprint density at radius 3 is 2.62 bits per heavy atom. The molecule has 0 saturated heterocycles. The van der Waals surface area contributed by atoms with Crippen molar-refractivity contribution in [2.45, 2.75) is 6.18 Å². The molecule has 0 spiro atoms. The molecule has 0 heterocycles. The average molecular weight is 256 g/mol. The topological polar surface area (TPSA) is 44.5 Å². The van der Waals surface area contributed by atoms with E-state index in [9.17, 15) is 13.2 Å². The number of ether oxygens (including phenoxy) is 2. The second-order valence-electron chi connectivity index (χ2n) is 2.91. The van der Waals surface area contributed by atoms with Crippen molar-refractivity contribution >= 4 is 17.3 Å². The van der Waals surface area contributed by atoms with E-state index in [4.69, 9.17) is 22.1 Å². The van der Waals surface area contributed by atoms with Gasteiger partial charge in [-0.2, -0.15) is 13.2 Å². The second kappa shape index (κ2) is 5.27. The highest BCUT2D eigenvalue weighted by molar-refractivity contribution is 6.30. The first kappa shape index (κ1) is 12.9. The maximum atomic E-state index is 11.7. The molecule has 2 N–H and O–H groups in total. The van der Waals surface area contributed by atoms with E-state index in [1.165, 1.54) is 12.1 Å². The summed E-state index contributed by atoms with van der Waals surface area (Å²) in [4.78, 5) is 0. The lowest BCUT2D eigenvalue weighted by Crippen LogP contribution is -2.19. The van der Waals surface area contributed by atoms with E-state index < -0.39 is 19.6 Å². The van der Waals surface area contributed by atoms with Crippen LogP contribution in [0.5, 0.6) is 5.75 Å². The van der Waals surface area contributed by atoms with E-state index in [1.54, 1.807) is 6.07 Å². The molecule has 0 radical (unpaired) electrons. The van der Waals surface area contributed by atoms with Gasteiger partial charge in [0.25, 0.3) is 0 Å². The number of anilines is 1. The Kier molecular flexibility index (Phi) is 4.26. The number of hydrogen-bond donors (Lipinski definition) is 1. The zero-order chi connectivity index (χ0) is 12.2. The molecular weight excluding hydrogens is 247 g/mol. The summed E-state index contributed by atoms with van der Waals surface area (Å²) in [5, 5.41) is 0.375. The third kappa shape index (κ3) is 4.59. The van der Waals surface area contributed by atoms with Gasteiger partial charge < -0.3 is 15.2 Å². The van der Waals surface area contributed by atoms with Gasteiger partial charge in [0, 0.05) is 11.1 Å². The monoisotopic (exact) mass is 255 g/mol. The number of nitrogens with two attached hydrogens (primary N) is 1. The predicted octanol–water partition coefficient (Wildman–Crippen LogP) is 2.84. The van der Waals surface area contributed by atoms with Crippen LogP contribution in [0.3, 0.4) is 0 Å². The minimum atomic E-state index is -4.37. The van der Waals surface area contributed by atoms with Crippen LogP contribution >= 0.6 is 11.6 Å². The first-order valence-electron chi connectivity index (χ1n) is 4.21. The van der Waals surface area contributed by atoms with Gasteiger partial charge in [-0.3, -0.25) is 0 Å². The van der Waals surface area contributed by atoms with Crippen LogP contribution in [-0.4, -0.2) is 19.6 Å². The number of nitrogen functional groups attached to an aromatic ring is 1. The maximum absolute atomic E-state index is 11.7. The van der Waals surface area contributed by atoms with Gasteiger partial charge in [-0.25, -0.2) is 0 Å². The fraction of sp³-hybridized carbons (Fsp3) is 0.333. The van der Waals surface area contributed by atoms with E-state index in [2.05, 4.69) is 4.74 Å². The van der Waals surface area contributed by atoms with E-state index in [-0.39, 0.29) is 11.4 Å². The molecule has 0 saturated carbocycles. The number of halogens is 4. The molecule has 16 heavy (non-hydrogen) atoms. The summed E-state index contributed by atoms with van der Waals surface area (Å²) in [6, 6.07) is 4.43. The molecule has 1 aromatic rings. The van der Waals surface area contributed by atoms with Crippen molar-refractivity contribution in [1.82, 2.24) is 0 Å². The molecule has 0 amide bonds. The predicted molar refractivity (Wildman–Crippen MR) is 53.4 cm³/mol. The lowest BCUT2D eigenvalue weighted by molar-refractivity contribution is -0.186. The molecule has 3 nitrogen and oxygen atoms in total. The Labute approximate surface area is 94.9 Å². The molecule has 0 aromatic heterocycles. The summed E-state index contributed by atoms with van der Waals surface area (Å²) >= 11 is 5.65. The molecule has 7 heteroatoms. The van der Waals surface area contributed by atoms with Gasteiger partial charge in [-0.1, -0.05) is 11.6 Å². The number of rotatable bonds is 4. The minimum absolute atomic E-state index is 0.190. The molecule has 90 valence electrons. The van der Waals surface area contributed by atoms with Crippen LogP contribution in [-0.2, 0) is 4.74 Å². The van der Waals surface area contributed by atoms with Gasteiger partial charge >= 0.3 is 6.18 Å². The van der Waals surface area contributed by atoms with Crippen molar-refractivity contribution in [3.8, 4) is 5.75 Å². The molecule has 0 bridgehead atoms. The van der Waals surface area contributed by atoms with Gasteiger partial charge in [0.05, 0.1) is 5.69 Å². The van der Waals surface area contributed by atoms with Gasteiger partial charge in [0.15, 0.2) is 6.79 Å². The zero-order valence-electron chi connectivity index (χ0n) is 8.05. The number of benzene rings is 1. The minimum Gasteiger partial charge on any atom is -0.465 e. The van der Waals surface area contributed by atoms with Crippen LogP contribution in [0.1, 0.15) is 0 Å². The fourth-order valence-corrected chi connectivity index (χ4v) is 1.06. The van der Waals surface area contributed by atoms with E-state index in [0.717, 1.165) is 0 Å². The van der Waals surface area contributed by atoms with Crippen LogP contribution in [0.4, 0.5) is 18.9 Å². The Morgan fingerprint density at radius 2 is 2.00 bits per heavy atom. The molecule has 0 aliphatic heterocycles. The Morgan fingerprint density at radius 1 is 1.31 bits per heavy atom. The maximum Gasteiger partial charge on any atom is 0.411 e. The molecular formula is C9H9ClF3NO2. The third-order valence-electron chi connectivity index (χ3n) is 1.54. The van der Waals surface area contributed by atoms with Gasteiger partial charge in [0.2, 0.25) is 0 Å². The fourth-order valence-electron chi connectivity index (χ4n) is 0.896.